The van der Waals surface area contributed by atoms with Crippen LogP contribution in [0.1, 0.15) is 29.7 Å². The van der Waals surface area contributed by atoms with E-state index in [0.717, 1.165) is 17.3 Å². The molecule has 0 spiro atoms. The molecule has 1 aliphatic rings. The summed E-state index contributed by atoms with van der Waals surface area (Å²) in [6.45, 7) is 2.31. The smallest absolute Gasteiger partial charge is 0.381 e. The molecule has 0 unspecified atom stereocenters. The van der Waals surface area contributed by atoms with E-state index in [1.807, 2.05) is 6.07 Å². The van der Waals surface area contributed by atoms with Crippen LogP contribution in [0.15, 0.2) is 36.5 Å². The van der Waals surface area contributed by atoms with E-state index in [1.165, 1.54) is 12.1 Å². The van der Waals surface area contributed by atoms with Crippen LogP contribution in [-0.4, -0.2) is 30.0 Å². The first kappa shape index (κ1) is 17.0. The van der Waals surface area contributed by atoms with Gasteiger partial charge in [0.05, 0.1) is 5.56 Å². The summed E-state index contributed by atoms with van der Waals surface area (Å²) in [5, 5.41) is 10.1. The Labute approximate surface area is 138 Å². The number of aromatic nitrogens is 2. The van der Waals surface area contributed by atoms with Gasteiger partial charge >= 0.3 is 6.18 Å². The van der Waals surface area contributed by atoms with E-state index in [-0.39, 0.29) is 5.41 Å². The molecule has 7 heteroatoms. The predicted molar refractivity (Wildman–Crippen MR) is 83.5 cm³/mol. The minimum Gasteiger partial charge on any atom is -0.381 e. The number of halogens is 3. The Balaban J connectivity index is 1.80. The summed E-state index contributed by atoms with van der Waals surface area (Å²) in [7, 11) is 0. The molecule has 1 fully saturated rings. The van der Waals surface area contributed by atoms with Crippen LogP contribution in [0.5, 0.6) is 0 Å². The molecule has 2 aromatic rings. The molecule has 1 aromatic carbocycles. The van der Waals surface area contributed by atoms with Gasteiger partial charge < -0.3 is 10.1 Å². The highest BCUT2D eigenvalue weighted by Gasteiger charge is 2.37. The van der Waals surface area contributed by atoms with E-state index >= 15 is 0 Å². The lowest BCUT2D eigenvalue weighted by Crippen LogP contribution is -2.42. The molecular formula is C17H20F3N3O. The minimum atomic E-state index is -4.33. The lowest BCUT2D eigenvalue weighted by Gasteiger charge is -2.38. The van der Waals surface area contributed by atoms with E-state index in [2.05, 4.69) is 15.5 Å². The van der Waals surface area contributed by atoms with Crippen LogP contribution in [0.4, 0.5) is 13.2 Å². The standard InChI is InChI=1S/C17H20F3N3O/c18-17(19,20)14-3-1-2-13(10-14)16(5-8-24-9-6-16)12-21-11-15-4-7-22-23-15/h1-4,7,10,21H,5-6,8-9,11-12H2,(H,22,23). The Morgan fingerprint density at radius 1 is 1.21 bits per heavy atom. The van der Waals surface area contributed by atoms with Gasteiger partial charge in [0, 0.05) is 43.6 Å². The number of ether oxygens (including phenoxy) is 1. The van der Waals surface area contributed by atoms with Crippen molar-refractivity contribution in [3.8, 4) is 0 Å². The molecule has 0 amide bonds. The molecule has 4 nitrogen and oxygen atoms in total. The van der Waals surface area contributed by atoms with Gasteiger partial charge in [0.25, 0.3) is 0 Å². The quantitative estimate of drug-likeness (QED) is 0.879. The van der Waals surface area contributed by atoms with Gasteiger partial charge in [0.15, 0.2) is 0 Å². The Kier molecular flexibility index (Phi) is 4.91. The zero-order valence-electron chi connectivity index (χ0n) is 13.2. The SMILES string of the molecule is FC(F)(F)c1cccc(C2(CNCc3ccn[nH]3)CCOCC2)c1. The molecule has 0 atom stereocenters. The maximum Gasteiger partial charge on any atom is 0.416 e. The average molecular weight is 339 g/mol. The van der Waals surface area contributed by atoms with Crippen molar-refractivity contribution < 1.29 is 17.9 Å². The lowest BCUT2D eigenvalue weighted by molar-refractivity contribution is -0.137. The van der Waals surface area contributed by atoms with Crippen molar-refractivity contribution in [2.45, 2.75) is 31.0 Å². The Morgan fingerprint density at radius 2 is 2.00 bits per heavy atom. The fraction of sp³-hybridized carbons (Fsp3) is 0.471. The second-order valence-corrected chi connectivity index (χ2v) is 6.16. The van der Waals surface area contributed by atoms with Gasteiger partial charge in [0.2, 0.25) is 0 Å². The molecule has 0 saturated carbocycles. The van der Waals surface area contributed by atoms with E-state index in [0.29, 0.717) is 39.1 Å². The molecule has 2 N–H and O–H groups in total. The van der Waals surface area contributed by atoms with Crippen LogP contribution < -0.4 is 5.32 Å². The average Bonchev–Trinajstić information content (AvgIpc) is 3.08. The van der Waals surface area contributed by atoms with Crippen LogP contribution in [0.2, 0.25) is 0 Å². The number of rotatable bonds is 5. The van der Waals surface area contributed by atoms with Gasteiger partial charge in [-0.1, -0.05) is 18.2 Å². The van der Waals surface area contributed by atoms with Crippen LogP contribution >= 0.6 is 0 Å². The molecule has 2 heterocycles. The summed E-state index contributed by atoms with van der Waals surface area (Å²) < 4.78 is 44.6. The monoisotopic (exact) mass is 339 g/mol. The molecule has 24 heavy (non-hydrogen) atoms. The number of aromatic amines is 1. The first-order chi connectivity index (χ1) is 11.5. The van der Waals surface area contributed by atoms with Gasteiger partial charge in [-0.05, 0) is 30.5 Å². The van der Waals surface area contributed by atoms with Crippen molar-refractivity contribution in [3.63, 3.8) is 0 Å². The maximum atomic E-state index is 13.0. The van der Waals surface area contributed by atoms with E-state index in [1.54, 1.807) is 12.3 Å². The molecular weight excluding hydrogens is 319 g/mol. The molecule has 1 aromatic heterocycles. The normalized spacial score (nSPS) is 17.8. The summed E-state index contributed by atoms with van der Waals surface area (Å²) in [6, 6.07) is 7.55. The first-order valence-corrected chi connectivity index (χ1v) is 7.94. The lowest BCUT2D eigenvalue weighted by atomic mass is 9.73. The largest absolute Gasteiger partial charge is 0.416 e. The molecule has 1 saturated heterocycles. The molecule has 130 valence electrons. The van der Waals surface area contributed by atoms with Gasteiger partial charge in [-0.25, -0.2) is 0 Å². The number of nitrogens with one attached hydrogen (secondary N) is 2. The first-order valence-electron chi connectivity index (χ1n) is 7.94. The van der Waals surface area contributed by atoms with Gasteiger partial charge in [0.1, 0.15) is 0 Å². The summed E-state index contributed by atoms with van der Waals surface area (Å²) in [4.78, 5) is 0. The molecule has 1 aliphatic heterocycles. The Bertz CT molecular complexity index is 649. The summed E-state index contributed by atoms with van der Waals surface area (Å²) in [5.41, 5.74) is 0.720. The van der Waals surface area contributed by atoms with E-state index in [9.17, 15) is 13.2 Å². The van der Waals surface area contributed by atoms with Crippen LogP contribution in [0, 0.1) is 0 Å². The predicted octanol–water partition coefficient (Wildman–Crippen LogP) is 3.27. The highest BCUT2D eigenvalue weighted by atomic mass is 19.4. The number of benzene rings is 1. The third-order valence-electron chi connectivity index (χ3n) is 4.59. The van der Waals surface area contributed by atoms with Crippen LogP contribution in [0.25, 0.3) is 0 Å². The summed E-state index contributed by atoms with van der Waals surface area (Å²) in [5.74, 6) is 0. The number of alkyl halides is 3. The number of hydrogen-bond donors (Lipinski definition) is 2. The van der Waals surface area contributed by atoms with Gasteiger partial charge in [-0.2, -0.15) is 18.3 Å². The van der Waals surface area contributed by atoms with Gasteiger partial charge in [-0.3, -0.25) is 5.10 Å². The summed E-state index contributed by atoms with van der Waals surface area (Å²) >= 11 is 0. The van der Waals surface area contributed by atoms with E-state index in [4.69, 9.17) is 4.74 Å². The zero-order chi connectivity index (χ0) is 17.0. The second kappa shape index (κ2) is 6.94. The minimum absolute atomic E-state index is 0.348. The third-order valence-corrected chi connectivity index (χ3v) is 4.59. The van der Waals surface area contributed by atoms with Crippen molar-refractivity contribution in [1.82, 2.24) is 15.5 Å². The molecule has 0 radical (unpaired) electrons. The third kappa shape index (κ3) is 3.79. The van der Waals surface area contributed by atoms with Crippen molar-refractivity contribution in [2.24, 2.45) is 0 Å². The molecule has 0 bridgehead atoms. The maximum absolute atomic E-state index is 13.0. The van der Waals surface area contributed by atoms with Crippen molar-refractivity contribution in [3.05, 3.63) is 53.3 Å². The van der Waals surface area contributed by atoms with Crippen molar-refractivity contribution in [2.75, 3.05) is 19.8 Å². The highest BCUT2D eigenvalue weighted by Crippen LogP contribution is 2.37. The van der Waals surface area contributed by atoms with Crippen LogP contribution in [0.3, 0.4) is 0 Å². The Hall–Kier alpha value is -1.86. The number of nitrogens with zero attached hydrogens (tertiary/aromatic N) is 1. The zero-order valence-corrected chi connectivity index (χ0v) is 13.2. The van der Waals surface area contributed by atoms with Gasteiger partial charge in [-0.15, -0.1) is 0 Å². The number of hydrogen-bond acceptors (Lipinski definition) is 3. The molecule has 3 rings (SSSR count). The summed E-state index contributed by atoms with van der Waals surface area (Å²) in [6.07, 6.45) is -1.26. The topological polar surface area (TPSA) is 49.9 Å². The highest BCUT2D eigenvalue weighted by molar-refractivity contribution is 5.32. The fourth-order valence-electron chi connectivity index (χ4n) is 3.17. The Morgan fingerprint density at radius 3 is 2.67 bits per heavy atom. The second-order valence-electron chi connectivity index (χ2n) is 6.16. The van der Waals surface area contributed by atoms with Crippen molar-refractivity contribution in [1.29, 1.82) is 0 Å². The van der Waals surface area contributed by atoms with Crippen molar-refractivity contribution >= 4 is 0 Å². The van der Waals surface area contributed by atoms with E-state index < -0.39 is 11.7 Å². The molecule has 0 aliphatic carbocycles. The van der Waals surface area contributed by atoms with Crippen LogP contribution in [-0.2, 0) is 22.9 Å². The fourth-order valence-corrected chi connectivity index (χ4v) is 3.17. The number of H-pyrrole nitrogens is 1.